The molecule has 0 amide bonds. The molecule has 1 aliphatic carbocycles. The van der Waals surface area contributed by atoms with E-state index in [-0.39, 0.29) is 18.0 Å². The van der Waals surface area contributed by atoms with Gasteiger partial charge in [-0.25, -0.2) is 0 Å². The van der Waals surface area contributed by atoms with Crippen LogP contribution in [0.15, 0.2) is 84.4 Å². The van der Waals surface area contributed by atoms with E-state index < -0.39 is 5.41 Å². The minimum absolute atomic E-state index is 0.0732. The molecule has 2 heterocycles. The average molecular weight is 494 g/mol. The average Bonchev–Trinajstić information content (AvgIpc) is 3.53. The Morgan fingerprint density at radius 3 is 2.32 bits per heavy atom. The molecule has 190 valence electrons. The van der Waals surface area contributed by atoms with Crippen molar-refractivity contribution in [1.82, 2.24) is 4.90 Å². The van der Waals surface area contributed by atoms with Gasteiger partial charge >= 0.3 is 0 Å². The van der Waals surface area contributed by atoms with Crippen molar-refractivity contribution >= 4 is 11.9 Å². The van der Waals surface area contributed by atoms with Gasteiger partial charge in [0.05, 0.1) is 19.6 Å². The van der Waals surface area contributed by atoms with Gasteiger partial charge in [0.15, 0.2) is 17.3 Å². The van der Waals surface area contributed by atoms with Crippen molar-refractivity contribution in [3.63, 3.8) is 0 Å². The predicted molar refractivity (Wildman–Crippen MR) is 147 cm³/mol. The fourth-order valence-electron chi connectivity index (χ4n) is 7.52. The molecule has 0 N–H and O–H groups in total. The normalized spacial score (nSPS) is 28.5. The van der Waals surface area contributed by atoms with Crippen LogP contribution in [0.3, 0.4) is 0 Å². The SMILES string of the molecule is COc1ccc(C2C(c3ccccc3)C3(CCC/C(=C\c4ccccc4)C3=O)C3CCCN23)cc1OC. The third kappa shape index (κ3) is 3.90. The number of benzene rings is 3. The van der Waals surface area contributed by atoms with Crippen molar-refractivity contribution in [3.8, 4) is 11.5 Å². The first-order chi connectivity index (χ1) is 18.2. The highest BCUT2D eigenvalue weighted by Crippen LogP contribution is 2.65. The first-order valence-electron chi connectivity index (χ1n) is 13.5. The molecule has 2 saturated heterocycles. The zero-order valence-corrected chi connectivity index (χ0v) is 21.7. The molecule has 0 bridgehead atoms. The molecule has 4 nitrogen and oxygen atoms in total. The van der Waals surface area contributed by atoms with Gasteiger partial charge in [0.25, 0.3) is 0 Å². The van der Waals surface area contributed by atoms with E-state index in [1.807, 2.05) is 24.3 Å². The lowest BCUT2D eigenvalue weighted by Gasteiger charge is -2.42. The minimum atomic E-state index is -0.436. The van der Waals surface area contributed by atoms with Crippen LogP contribution in [0.5, 0.6) is 11.5 Å². The van der Waals surface area contributed by atoms with Gasteiger partial charge in [0, 0.05) is 18.0 Å². The lowest BCUT2D eigenvalue weighted by atomic mass is 9.58. The van der Waals surface area contributed by atoms with E-state index >= 15 is 0 Å². The largest absolute Gasteiger partial charge is 0.493 e. The third-order valence-electron chi connectivity index (χ3n) is 8.92. The number of ketones is 1. The van der Waals surface area contributed by atoms with E-state index in [0.29, 0.717) is 5.78 Å². The summed E-state index contributed by atoms with van der Waals surface area (Å²) in [6.07, 6.45) is 7.17. The Hall–Kier alpha value is -3.37. The van der Waals surface area contributed by atoms with E-state index in [1.165, 1.54) is 11.1 Å². The number of hydrogen-bond donors (Lipinski definition) is 0. The fourth-order valence-corrected chi connectivity index (χ4v) is 7.52. The second-order valence-corrected chi connectivity index (χ2v) is 10.6. The number of nitrogens with zero attached hydrogens (tertiary/aromatic N) is 1. The highest BCUT2D eigenvalue weighted by atomic mass is 16.5. The Morgan fingerprint density at radius 1 is 0.865 bits per heavy atom. The Labute approximate surface area is 219 Å². The van der Waals surface area contributed by atoms with Gasteiger partial charge < -0.3 is 9.47 Å². The molecular weight excluding hydrogens is 458 g/mol. The topological polar surface area (TPSA) is 38.8 Å². The monoisotopic (exact) mass is 493 g/mol. The van der Waals surface area contributed by atoms with Gasteiger partial charge in [-0.05, 0) is 79.1 Å². The molecular formula is C33H35NO3. The molecule has 3 aromatic rings. The maximum Gasteiger partial charge on any atom is 0.167 e. The summed E-state index contributed by atoms with van der Waals surface area (Å²) in [5.74, 6) is 1.90. The highest BCUT2D eigenvalue weighted by Gasteiger charge is 2.65. The maximum atomic E-state index is 14.7. The molecule has 3 fully saturated rings. The Morgan fingerprint density at radius 2 is 1.59 bits per heavy atom. The van der Waals surface area contributed by atoms with Crippen LogP contribution in [0, 0.1) is 5.41 Å². The maximum absolute atomic E-state index is 14.7. The summed E-state index contributed by atoms with van der Waals surface area (Å²) in [4.78, 5) is 17.4. The van der Waals surface area contributed by atoms with Crippen LogP contribution < -0.4 is 9.47 Å². The summed E-state index contributed by atoms with van der Waals surface area (Å²) >= 11 is 0. The molecule has 4 heteroatoms. The van der Waals surface area contributed by atoms with Crippen LogP contribution in [-0.4, -0.2) is 37.5 Å². The zero-order valence-electron chi connectivity index (χ0n) is 21.7. The molecule has 4 atom stereocenters. The first kappa shape index (κ1) is 24.0. The van der Waals surface area contributed by atoms with Crippen LogP contribution in [0.25, 0.3) is 6.08 Å². The number of rotatable bonds is 5. The summed E-state index contributed by atoms with van der Waals surface area (Å²) in [5.41, 5.74) is 4.11. The molecule has 37 heavy (non-hydrogen) atoms. The van der Waals surface area contributed by atoms with Crippen molar-refractivity contribution in [2.75, 3.05) is 20.8 Å². The van der Waals surface area contributed by atoms with Crippen LogP contribution >= 0.6 is 0 Å². The van der Waals surface area contributed by atoms with Gasteiger partial charge in [-0.2, -0.15) is 0 Å². The number of ether oxygens (including phenoxy) is 2. The number of hydrogen-bond acceptors (Lipinski definition) is 4. The van der Waals surface area contributed by atoms with Crippen molar-refractivity contribution in [2.24, 2.45) is 5.41 Å². The van der Waals surface area contributed by atoms with Crippen LogP contribution in [-0.2, 0) is 4.79 Å². The molecule has 4 unspecified atom stereocenters. The highest BCUT2D eigenvalue weighted by molar-refractivity contribution is 6.05. The molecule has 3 aliphatic rings. The molecule has 1 spiro atoms. The van der Waals surface area contributed by atoms with E-state index in [0.717, 1.165) is 61.3 Å². The Balaban J connectivity index is 1.52. The summed E-state index contributed by atoms with van der Waals surface area (Å²) < 4.78 is 11.3. The zero-order chi connectivity index (χ0) is 25.4. The van der Waals surface area contributed by atoms with Crippen molar-refractivity contribution in [3.05, 3.63) is 101 Å². The van der Waals surface area contributed by atoms with E-state index in [9.17, 15) is 4.79 Å². The number of allylic oxidation sites excluding steroid dienone is 1. The number of fused-ring (bicyclic) bond motifs is 2. The predicted octanol–water partition coefficient (Wildman–Crippen LogP) is 6.83. The van der Waals surface area contributed by atoms with E-state index in [2.05, 4.69) is 65.6 Å². The van der Waals surface area contributed by atoms with Gasteiger partial charge in [0.1, 0.15) is 0 Å². The van der Waals surface area contributed by atoms with E-state index in [4.69, 9.17) is 9.47 Å². The quantitative estimate of drug-likeness (QED) is 0.365. The Kier molecular flexibility index (Phi) is 6.37. The minimum Gasteiger partial charge on any atom is -0.493 e. The lowest BCUT2D eigenvalue weighted by Crippen LogP contribution is -2.47. The van der Waals surface area contributed by atoms with Gasteiger partial charge in [-0.3, -0.25) is 9.69 Å². The van der Waals surface area contributed by atoms with Crippen LogP contribution in [0.2, 0.25) is 0 Å². The number of carbonyl (C=O) groups excluding carboxylic acids is 1. The van der Waals surface area contributed by atoms with Crippen molar-refractivity contribution in [1.29, 1.82) is 0 Å². The molecule has 0 radical (unpaired) electrons. The molecule has 3 aromatic carbocycles. The van der Waals surface area contributed by atoms with Crippen molar-refractivity contribution in [2.45, 2.75) is 50.1 Å². The number of methoxy groups -OCH3 is 2. The second kappa shape index (κ2) is 9.83. The summed E-state index contributed by atoms with van der Waals surface area (Å²) in [7, 11) is 3.36. The van der Waals surface area contributed by atoms with Gasteiger partial charge in [-0.15, -0.1) is 0 Å². The van der Waals surface area contributed by atoms with Crippen LogP contribution in [0.1, 0.15) is 60.8 Å². The smallest absolute Gasteiger partial charge is 0.167 e. The van der Waals surface area contributed by atoms with E-state index in [1.54, 1.807) is 14.2 Å². The van der Waals surface area contributed by atoms with Crippen LogP contribution in [0.4, 0.5) is 0 Å². The summed E-state index contributed by atoms with van der Waals surface area (Å²) in [5, 5.41) is 0. The molecule has 2 aliphatic heterocycles. The molecule has 6 rings (SSSR count). The lowest BCUT2D eigenvalue weighted by molar-refractivity contribution is -0.128. The molecule has 1 saturated carbocycles. The standard InChI is InChI=1S/C33H35NO3/c1-36-27-18-17-25(22-28(27)37-2)31-30(24-13-7-4-8-14-24)33(29-16-10-20-34(29)31)19-9-15-26(32(33)35)21-23-11-5-3-6-12-23/h3-8,11-14,17-18,21-22,29-31H,9-10,15-16,19-20H2,1-2H3/b26-21+. The molecule has 0 aromatic heterocycles. The summed E-state index contributed by atoms with van der Waals surface area (Å²) in [6, 6.07) is 27.7. The number of Topliss-reactive ketones (excluding diaryl/α,β-unsaturated/α-hetero) is 1. The van der Waals surface area contributed by atoms with Gasteiger partial charge in [0.2, 0.25) is 0 Å². The number of carbonyl (C=O) groups is 1. The van der Waals surface area contributed by atoms with Gasteiger partial charge in [-0.1, -0.05) is 66.7 Å². The van der Waals surface area contributed by atoms with Crippen molar-refractivity contribution < 1.29 is 14.3 Å². The Bertz CT molecular complexity index is 1300. The fraction of sp³-hybridized carbons (Fsp3) is 0.364. The third-order valence-corrected chi connectivity index (χ3v) is 8.92. The second-order valence-electron chi connectivity index (χ2n) is 10.6. The first-order valence-corrected chi connectivity index (χ1v) is 13.5. The summed E-state index contributed by atoms with van der Waals surface area (Å²) in [6.45, 7) is 1.01.